The van der Waals surface area contributed by atoms with Gasteiger partial charge in [0, 0.05) is 40.7 Å². The molecule has 10 heteroatoms. The zero-order valence-corrected chi connectivity index (χ0v) is 21.0. The van der Waals surface area contributed by atoms with Crippen LogP contribution in [0.15, 0.2) is 47.8 Å². The van der Waals surface area contributed by atoms with Crippen LogP contribution in [0.2, 0.25) is 5.02 Å². The Balaban J connectivity index is 1.45. The second kappa shape index (κ2) is 10.5. The molecule has 1 aliphatic heterocycles. The van der Waals surface area contributed by atoms with E-state index in [1.54, 1.807) is 34.0 Å². The molecular formula is C24H25ClFN3O3S2. The highest BCUT2D eigenvalue weighted by atomic mass is 35.5. The maximum absolute atomic E-state index is 13.9. The highest BCUT2D eigenvalue weighted by Crippen LogP contribution is 2.33. The molecule has 1 N–H and O–H groups in total. The van der Waals surface area contributed by atoms with Crippen LogP contribution in [0.5, 0.6) is 0 Å². The van der Waals surface area contributed by atoms with E-state index in [2.05, 4.69) is 10.3 Å². The summed E-state index contributed by atoms with van der Waals surface area (Å²) in [6.45, 7) is 2.79. The van der Waals surface area contributed by atoms with Gasteiger partial charge in [0.25, 0.3) is 5.91 Å². The van der Waals surface area contributed by atoms with Crippen LogP contribution < -0.4 is 5.32 Å². The van der Waals surface area contributed by atoms with Crippen molar-refractivity contribution in [3.8, 4) is 11.1 Å². The number of piperidine rings is 1. The fraction of sp³-hybridized carbons (Fsp3) is 0.333. The molecule has 0 atom stereocenters. The Hall–Kier alpha value is -2.33. The Bertz CT molecular complexity index is 1270. The van der Waals surface area contributed by atoms with Crippen molar-refractivity contribution in [2.24, 2.45) is 0 Å². The van der Waals surface area contributed by atoms with Gasteiger partial charge in [-0.3, -0.25) is 4.79 Å². The van der Waals surface area contributed by atoms with Crippen molar-refractivity contribution in [3.05, 3.63) is 69.4 Å². The highest BCUT2D eigenvalue weighted by molar-refractivity contribution is 7.89. The minimum atomic E-state index is -3.20. The van der Waals surface area contributed by atoms with Crippen molar-refractivity contribution in [1.29, 1.82) is 0 Å². The van der Waals surface area contributed by atoms with E-state index < -0.39 is 15.8 Å². The monoisotopic (exact) mass is 521 g/mol. The number of carbonyl (C=O) groups is 1. The van der Waals surface area contributed by atoms with E-state index in [-0.39, 0.29) is 23.3 Å². The van der Waals surface area contributed by atoms with Crippen LogP contribution in [0.3, 0.4) is 0 Å². The van der Waals surface area contributed by atoms with Crippen LogP contribution in [-0.2, 0) is 10.0 Å². The number of halogens is 2. The number of sulfonamides is 1. The summed E-state index contributed by atoms with van der Waals surface area (Å²) in [5, 5.41) is 5.94. The number of nitrogens with one attached hydrogen (secondary N) is 1. The Morgan fingerprint density at radius 3 is 2.59 bits per heavy atom. The number of amides is 1. The molecule has 1 saturated heterocycles. The van der Waals surface area contributed by atoms with Crippen LogP contribution in [-0.4, -0.2) is 42.5 Å². The number of carbonyl (C=O) groups excluding carboxylic acids is 1. The molecular weight excluding hydrogens is 497 g/mol. The topological polar surface area (TPSA) is 79.4 Å². The van der Waals surface area contributed by atoms with Gasteiger partial charge in [-0.05, 0) is 55.2 Å². The smallest absolute Gasteiger partial charge is 0.275 e. The van der Waals surface area contributed by atoms with Gasteiger partial charge in [0.05, 0.1) is 10.8 Å². The van der Waals surface area contributed by atoms with E-state index in [0.717, 1.165) is 10.6 Å². The van der Waals surface area contributed by atoms with Gasteiger partial charge in [-0.2, -0.15) is 0 Å². The lowest BCUT2D eigenvalue weighted by Gasteiger charge is -2.30. The molecule has 1 aromatic heterocycles. The number of benzene rings is 2. The van der Waals surface area contributed by atoms with Crippen LogP contribution in [0, 0.1) is 5.82 Å². The van der Waals surface area contributed by atoms with E-state index >= 15 is 0 Å². The fourth-order valence-electron chi connectivity index (χ4n) is 4.03. The highest BCUT2D eigenvalue weighted by Gasteiger charge is 2.29. The maximum Gasteiger partial charge on any atom is 0.275 e. The van der Waals surface area contributed by atoms with Crippen LogP contribution >= 0.6 is 22.9 Å². The molecule has 0 radical (unpaired) electrons. The Morgan fingerprint density at radius 2 is 1.91 bits per heavy atom. The number of nitrogens with zero attached hydrogens (tertiary/aromatic N) is 2. The summed E-state index contributed by atoms with van der Waals surface area (Å²) in [7, 11) is -3.20. The van der Waals surface area contributed by atoms with E-state index in [4.69, 9.17) is 11.6 Å². The minimum Gasteiger partial charge on any atom is -0.320 e. The lowest BCUT2D eigenvalue weighted by Crippen LogP contribution is -2.39. The summed E-state index contributed by atoms with van der Waals surface area (Å²) in [6.07, 6.45) is 1.95. The van der Waals surface area contributed by atoms with Gasteiger partial charge < -0.3 is 5.32 Å². The lowest BCUT2D eigenvalue weighted by molar-refractivity contribution is 0.102. The average Bonchev–Trinajstić information content (AvgIpc) is 3.31. The molecule has 1 amide bonds. The zero-order valence-electron chi connectivity index (χ0n) is 18.6. The third-order valence-electron chi connectivity index (χ3n) is 5.80. The first-order valence-corrected chi connectivity index (χ1v) is 13.9. The summed E-state index contributed by atoms with van der Waals surface area (Å²) >= 11 is 7.37. The van der Waals surface area contributed by atoms with E-state index in [1.165, 1.54) is 29.5 Å². The lowest BCUT2D eigenvalue weighted by atomic mass is 9.99. The number of aromatic nitrogens is 1. The molecule has 0 aliphatic carbocycles. The largest absolute Gasteiger partial charge is 0.320 e. The molecule has 1 aliphatic rings. The number of thiazole rings is 1. The summed E-state index contributed by atoms with van der Waals surface area (Å²) in [5.74, 6) is -0.505. The number of rotatable bonds is 7. The molecule has 4 rings (SSSR count). The second-order valence-corrected chi connectivity index (χ2v) is 11.6. The van der Waals surface area contributed by atoms with Gasteiger partial charge >= 0.3 is 0 Å². The SMILES string of the molecule is CCCS(=O)(=O)N1CCC(c2nc(C(=O)Nc3ccc(F)cc3-c3ccc(Cl)cc3)cs2)CC1. The van der Waals surface area contributed by atoms with E-state index in [9.17, 15) is 17.6 Å². The summed E-state index contributed by atoms with van der Waals surface area (Å²) < 4.78 is 40.1. The first kappa shape index (κ1) is 24.8. The summed E-state index contributed by atoms with van der Waals surface area (Å²) in [5.41, 5.74) is 2.02. The Labute approximate surface area is 207 Å². The molecule has 0 unspecified atom stereocenters. The number of anilines is 1. The molecule has 1 fully saturated rings. The standard InChI is InChI=1S/C24H25ClFN3O3S2/c1-2-13-34(31,32)29-11-9-17(10-12-29)24-28-22(15-33-24)23(30)27-21-8-7-19(26)14-20(21)16-3-5-18(25)6-4-16/h3-8,14-15,17H,2,9-13H2,1H3,(H,27,30). The maximum atomic E-state index is 13.9. The molecule has 6 nitrogen and oxygen atoms in total. The Kier molecular flexibility index (Phi) is 7.67. The van der Waals surface area contributed by atoms with Crippen molar-refractivity contribution < 1.29 is 17.6 Å². The molecule has 34 heavy (non-hydrogen) atoms. The second-order valence-electron chi connectivity index (χ2n) is 8.21. The van der Waals surface area contributed by atoms with Crippen molar-refractivity contribution in [2.75, 3.05) is 24.2 Å². The molecule has 180 valence electrons. The molecule has 2 heterocycles. The van der Waals surface area contributed by atoms with Crippen molar-refractivity contribution in [1.82, 2.24) is 9.29 Å². The van der Waals surface area contributed by atoms with Crippen molar-refractivity contribution >= 4 is 44.6 Å². The van der Waals surface area contributed by atoms with Crippen LogP contribution in [0.1, 0.15) is 47.6 Å². The molecule has 0 saturated carbocycles. The predicted molar refractivity (Wildman–Crippen MR) is 135 cm³/mol. The first-order valence-electron chi connectivity index (χ1n) is 11.1. The van der Waals surface area contributed by atoms with Gasteiger partial charge in [-0.15, -0.1) is 11.3 Å². The van der Waals surface area contributed by atoms with Gasteiger partial charge in [-0.1, -0.05) is 30.7 Å². The van der Waals surface area contributed by atoms with E-state index in [1.807, 2.05) is 6.92 Å². The number of hydrogen-bond donors (Lipinski definition) is 1. The fourth-order valence-corrected chi connectivity index (χ4v) is 6.67. The van der Waals surface area contributed by atoms with Gasteiger partial charge in [0.15, 0.2) is 0 Å². The van der Waals surface area contributed by atoms with Gasteiger partial charge in [0.2, 0.25) is 10.0 Å². The molecule has 0 spiro atoms. The molecule has 2 aromatic carbocycles. The first-order chi connectivity index (χ1) is 16.3. The van der Waals surface area contributed by atoms with Crippen LogP contribution in [0.4, 0.5) is 10.1 Å². The summed E-state index contributed by atoms with van der Waals surface area (Å²) in [4.78, 5) is 17.5. The quantitative estimate of drug-likeness (QED) is 0.428. The van der Waals surface area contributed by atoms with E-state index in [0.29, 0.717) is 48.6 Å². The third-order valence-corrected chi connectivity index (χ3v) is 9.13. The predicted octanol–water partition coefficient (Wildman–Crippen LogP) is 5.77. The van der Waals surface area contributed by atoms with Gasteiger partial charge in [-0.25, -0.2) is 22.1 Å². The Morgan fingerprint density at radius 1 is 1.21 bits per heavy atom. The van der Waals surface area contributed by atoms with Crippen molar-refractivity contribution in [3.63, 3.8) is 0 Å². The summed E-state index contributed by atoms with van der Waals surface area (Å²) in [6, 6.07) is 11.1. The normalized spacial score (nSPS) is 15.4. The average molecular weight is 522 g/mol. The van der Waals surface area contributed by atoms with Gasteiger partial charge in [0.1, 0.15) is 11.5 Å². The third kappa shape index (κ3) is 5.66. The minimum absolute atomic E-state index is 0.120. The zero-order chi connectivity index (χ0) is 24.3. The van der Waals surface area contributed by atoms with Crippen molar-refractivity contribution in [2.45, 2.75) is 32.1 Å². The van der Waals surface area contributed by atoms with Crippen LogP contribution in [0.25, 0.3) is 11.1 Å². The molecule has 3 aromatic rings. The number of hydrogen-bond acceptors (Lipinski definition) is 5. The molecule has 0 bridgehead atoms.